The van der Waals surface area contributed by atoms with E-state index in [1.54, 1.807) is 11.8 Å². The highest BCUT2D eigenvalue weighted by atomic mass is 32.2. The Kier molecular flexibility index (Phi) is 3.34. The number of aliphatic hydroxyl groups is 1. The molecule has 0 radical (unpaired) electrons. The van der Waals surface area contributed by atoms with Crippen LogP contribution in [-0.4, -0.2) is 15.4 Å². The van der Waals surface area contributed by atoms with Crippen LogP contribution in [0, 0.1) is 0 Å². The predicted octanol–water partition coefficient (Wildman–Crippen LogP) is 4.61. The van der Waals surface area contributed by atoms with Gasteiger partial charge in [0.05, 0.1) is 15.9 Å². The van der Waals surface area contributed by atoms with Crippen molar-refractivity contribution in [2.75, 3.05) is 0 Å². The second-order valence-electron chi connectivity index (χ2n) is 6.07. The van der Waals surface area contributed by atoms with E-state index in [1.807, 2.05) is 25.1 Å². The van der Waals surface area contributed by atoms with Crippen molar-refractivity contribution in [2.45, 2.75) is 30.5 Å². The summed E-state index contributed by atoms with van der Waals surface area (Å²) in [5, 5.41) is 11.7. The van der Waals surface area contributed by atoms with E-state index in [4.69, 9.17) is 0 Å². The quantitative estimate of drug-likeness (QED) is 0.816. The van der Waals surface area contributed by atoms with Gasteiger partial charge in [0.2, 0.25) is 0 Å². The molecule has 0 saturated carbocycles. The molecule has 0 spiro atoms. The van der Waals surface area contributed by atoms with Crippen LogP contribution >= 0.6 is 11.8 Å². The highest BCUT2D eigenvalue weighted by molar-refractivity contribution is 8.14. The summed E-state index contributed by atoms with van der Waals surface area (Å²) in [7, 11) is 0. The van der Waals surface area contributed by atoms with Crippen molar-refractivity contribution in [1.29, 1.82) is 0 Å². The molecule has 2 aromatic rings. The lowest BCUT2D eigenvalue weighted by Crippen LogP contribution is -2.27. The van der Waals surface area contributed by atoms with Gasteiger partial charge < -0.3 is 5.11 Å². The third-order valence-corrected chi connectivity index (χ3v) is 5.79. The minimum absolute atomic E-state index is 0.0666. The molecule has 1 heterocycles. The van der Waals surface area contributed by atoms with Gasteiger partial charge in [-0.25, -0.2) is 4.99 Å². The lowest BCUT2D eigenvalue weighted by molar-refractivity contribution is -0.137. The van der Waals surface area contributed by atoms with Gasteiger partial charge in [-0.1, -0.05) is 30.3 Å². The molecule has 2 unspecified atom stereocenters. The third kappa shape index (κ3) is 2.28. The van der Waals surface area contributed by atoms with E-state index in [2.05, 4.69) is 4.99 Å². The first-order valence-corrected chi connectivity index (χ1v) is 8.42. The summed E-state index contributed by atoms with van der Waals surface area (Å²) >= 11 is 1.55. The maximum atomic E-state index is 12.7. The van der Waals surface area contributed by atoms with E-state index in [-0.39, 0.29) is 5.25 Å². The lowest BCUT2D eigenvalue weighted by atomic mass is 9.95. The van der Waals surface area contributed by atoms with Crippen molar-refractivity contribution in [1.82, 2.24) is 0 Å². The maximum Gasteiger partial charge on any atom is 0.416 e. The first-order chi connectivity index (χ1) is 11.3. The number of thioether (sulfide) groups is 1. The summed E-state index contributed by atoms with van der Waals surface area (Å²) in [4.78, 5) is 4.39. The van der Waals surface area contributed by atoms with Crippen molar-refractivity contribution in [3.05, 3.63) is 59.2 Å². The molecular weight excluding hydrogens is 335 g/mol. The molecule has 0 aromatic heterocycles. The van der Waals surface area contributed by atoms with Crippen LogP contribution < -0.4 is 0 Å². The van der Waals surface area contributed by atoms with Crippen LogP contribution in [0.2, 0.25) is 0 Å². The monoisotopic (exact) mass is 349 g/mol. The van der Waals surface area contributed by atoms with Gasteiger partial charge in [0.15, 0.2) is 5.72 Å². The van der Waals surface area contributed by atoms with Crippen molar-refractivity contribution >= 4 is 16.8 Å². The van der Waals surface area contributed by atoms with Crippen LogP contribution in [-0.2, 0) is 18.3 Å². The summed E-state index contributed by atoms with van der Waals surface area (Å²) in [5.74, 6) is 0. The number of nitrogens with zero attached hydrogens (tertiary/aromatic N) is 1. The largest absolute Gasteiger partial charge is 0.416 e. The van der Waals surface area contributed by atoms with Crippen LogP contribution in [0.15, 0.2) is 47.5 Å². The van der Waals surface area contributed by atoms with E-state index in [0.717, 1.165) is 33.9 Å². The molecule has 0 fully saturated rings. The van der Waals surface area contributed by atoms with Crippen molar-refractivity contribution in [3.8, 4) is 11.1 Å². The van der Waals surface area contributed by atoms with Crippen molar-refractivity contribution in [3.63, 3.8) is 0 Å². The maximum absolute atomic E-state index is 12.7. The van der Waals surface area contributed by atoms with Gasteiger partial charge in [0.1, 0.15) is 0 Å². The first-order valence-electron chi connectivity index (χ1n) is 7.54. The zero-order valence-corrected chi connectivity index (χ0v) is 13.6. The van der Waals surface area contributed by atoms with Gasteiger partial charge in [0.25, 0.3) is 0 Å². The number of alkyl halides is 3. The number of hydrogen-bond donors (Lipinski definition) is 1. The van der Waals surface area contributed by atoms with Crippen LogP contribution in [0.1, 0.15) is 23.6 Å². The third-order valence-electron chi connectivity index (χ3n) is 4.57. The van der Waals surface area contributed by atoms with E-state index in [1.165, 1.54) is 12.1 Å². The van der Waals surface area contributed by atoms with E-state index in [0.29, 0.717) is 12.0 Å². The molecule has 1 N–H and O–H groups in total. The van der Waals surface area contributed by atoms with Gasteiger partial charge in [-0.2, -0.15) is 13.2 Å². The zero-order chi connectivity index (χ0) is 17.1. The van der Waals surface area contributed by atoms with E-state index in [9.17, 15) is 18.3 Å². The normalized spacial score (nSPS) is 25.4. The molecule has 0 saturated heterocycles. The average Bonchev–Trinajstić information content (AvgIpc) is 2.95. The zero-order valence-electron chi connectivity index (χ0n) is 12.8. The molecule has 6 heteroatoms. The number of rotatable bonds is 1. The molecule has 4 rings (SSSR count). The summed E-state index contributed by atoms with van der Waals surface area (Å²) in [6, 6.07) is 10.7. The first kappa shape index (κ1) is 15.7. The fourth-order valence-electron chi connectivity index (χ4n) is 3.49. The molecule has 1 aliphatic carbocycles. The number of halogens is 3. The number of hydrogen-bond acceptors (Lipinski definition) is 3. The molecule has 0 bridgehead atoms. The summed E-state index contributed by atoms with van der Waals surface area (Å²) in [6.07, 6.45) is -3.69. The Balaban J connectivity index is 1.79. The number of fused-ring (bicyclic) bond motifs is 3. The molecule has 2 aromatic carbocycles. The Morgan fingerprint density at radius 1 is 1.17 bits per heavy atom. The fraction of sp³-hybridized carbons (Fsp3) is 0.278. The van der Waals surface area contributed by atoms with Crippen LogP contribution in [0.5, 0.6) is 0 Å². The Bertz CT molecular complexity index is 844. The van der Waals surface area contributed by atoms with Gasteiger partial charge in [-0.3, -0.25) is 0 Å². The Hall–Kier alpha value is -1.79. The van der Waals surface area contributed by atoms with Gasteiger partial charge in [-0.15, -0.1) is 11.8 Å². The summed E-state index contributed by atoms with van der Waals surface area (Å²) < 4.78 is 38.2. The molecule has 24 heavy (non-hydrogen) atoms. The predicted molar refractivity (Wildman–Crippen MR) is 89.0 cm³/mol. The highest BCUT2D eigenvalue weighted by Gasteiger charge is 2.50. The minimum Gasteiger partial charge on any atom is -0.365 e. The smallest absolute Gasteiger partial charge is 0.365 e. The second-order valence-corrected chi connectivity index (χ2v) is 7.47. The van der Waals surface area contributed by atoms with Crippen LogP contribution in [0.3, 0.4) is 0 Å². The van der Waals surface area contributed by atoms with Crippen molar-refractivity contribution in [2.24, 2.45) is 4.99 Å². The van der Waals surface area contributed by atoms with Crippen molar-refractivity contribution < 1.29 is 18.3 Å². The van der Waals surface area contributed by atoms with Gasteiger partial charge >= 0.3 is 6.18 Å². The fourth-order valence-corrected chi connectivity index (χ4v) is 4.69. The Morgan fingerprint density at radius 2 is 1.88 bits per heavy atom. The molecule has 1 aliphatic heterocycles. The van der Waals surface area contributed by atoms with E-state index < -0.39 is 17.5 Å². The second kappa shape index (κ2) is 5.10. The molecule has 2 nitrogen and oxygen atoms in total. The topological polar surface area (TPSA) is 32.6 Å². The Labute approximate surface area is 141 Å². The van der Waals surface area contributed by atoms with Crippen LogP contribution in [0.4, 0.5) is 13.2 Å². The minimum atomic E-state index is -4.34. The summed E-state index contributed by atoms with van der Waals surface area (Å²) in [6.45, 7) is 1.88. The molecular formula is C18H14F3NOS. The van der Waals surface area contributed by atoms with Crippen LogP contribution in [0.25, 0.3) is 11.1 Å². The number of benzene rings is 2. The number of aliphatic imine (C=N–C) groups is 1. The summed E-state index contributed by atoms with van der Waals surface area (Å²) in [5.41, 5.74) is 1.42. The molecule has 2 aliphatic rings. The van der Waals surface area contributed by atoms with Gasteiger partial charge in [0, 0.05) is 5.56 Å². The lowest BCUT2D eigenvalue weighted by Gasteiger charge is -2.20. The SMILES string of the molecule is CC1=NC2(O)c3cccc(-c4ccc(C(F)(F)F)cc4)c3CC2S1. The average molecular weight is 349 g/mol. The molecule has 124 valence electrons. The Morgan fingerprint density at radius 3 is 2.54 bits per heavy atom. The highest BCUT2D eigenvalue weighted by Crippen LogP contribution is 2.51. The van der Waals surface area contributed by atoms with Gasteiger partial charge in [-0.05, 0) is 42.2 Å². The molecule has 0 amide bonds. The standard InChI is InChI=1S/C18H14F3NOS/c1-10-22-17(23)15-4-2-3-13(14(15)9-16(17)24-10)11-5-7-12(8-6-11)18(19,20)21/h2-8,16,23H,9H2,1H3. The van der Waals surface area contributed by atoms with E-state index >= 15 is 0 Å². The molecule has 2 atom stereocenters.